The van der Waals surface area contributed by atoms with Gasteiger partial charge in [-0.2, -0.15) is 0 Å². The molecule has 0 spiro atoms. The Labute approximate surface area is 154 Å². The lowest BCUT2D eigenvalue weighted by atomic mass is 10.1. The molecular weight excluding hydrogens is 330 g/mol. The number of aromatic nitrogens is 3. The molecule has 1 saturated heterocycles. The van der Waals surface area contributed by atoms with Crippen molar-refractivity contribution in [3.05, 3.63) is 41.0 Å². The highest BCUT2D eigenvalue weighted by molar-refractivity contribution is 5.37. The summed E-state index contributed by atoms with van der Waals surface area (Å²) in [5.74, 6) is 2.58. The lowest BCUT2D eigenvalue weighted by Gasteiger charge is -2.28. The zero-order valence-electron chi connectivity index (χ0n) is 15.4. The Morgan fingerprint density at radius 3 is 2.65 bits per heavy atom. The van der Waals surface area contributed by atoms with Crippen molar-refractivity contribution in [2.45, 2.75) is 45.6 Å². The van der Waals surface area contributed by atoms with E-state index in [0.717, 1.165) is 44.3 Å². The van der Waals surface area contributed by atoms with Crippen LogP contribution in [0.1, 0.15) is 35.6 Å². The minimum atomic E-state index is -0.0503. The molecule has 1 aromatic heterocycles. The smallest absolute Gasteiger partial charge is 0.158 e. The van der Waals surface area contributed by atoms with Crippen LogP contribution in [-0.4, -0.2) is 56.4 Å². The zero-order chi connectivity index (χ0) is 17.9. The first-order valence-corrected chi connectivity index (χ1v) is 9.39. The SMILES string of the molecule is COc1ccc(CN2CCn3c(CO)nnc3C2)cc1CN1CCCC1. The molecule has 1 fully saturated rings. The summed E-state index contributed by atoms with van der Waals surface area (Å²) in [6, 6.07) is 6.54. The lowest BCUT2D eigenvalue weighted by Crippen LogP contribution is -2.34. The van der Waals surface area contributed by atoms with Crippen molar-refractivity contribution in [1.29, 1.82) is 0 Å². The molecular formula is C19H27N5O2. The molecule has 4 rings (SSSR count). The highest BCUT2D eigenvalue weighted by Gasteiger charge is 2.21. The van der Waals surface area contributed by atoms with Gasteiger partial charge < -0.3 is 14.4 Å². The molecule has 7 nitrogen and oxygen atoms in total. The van der Waals surface area contributed by atoms with E-state index in [1.165, 1.54) is 37.1 Å². The van der Waals surface area contributed by atoms with Crippen LogP contribution in [0.15, 0.2) is 18.2 Å². The topological polar surface area (TPSA) is 66.6 Å². The van der Waals surface area contributed by atoms with Crippen LogP contribution in [0.25, 0.3) is 0 Å². The molecule has 1 N–H and O–H groups in total. The molecule has 0 amide bonds. The number of rotatable bonds is 6. The summed E-state index contributed by atoms with van der Waals surface area (Å²) in [5.41, 5.74) is 2.57. The van der Waals surface area contributed by atoms with Crippen LogP contribution in [-0.2, 0) is 32.8 Å². The van der Waals surface area contributed by atoms with Gasteiger partial charge in [-0.25, -0.2) is 0 Å². The molecule has 26 heavy (non-hydrogen) atoms. The molecule has 0 unspecified atom stereocenters. The number of fused-ring (bicyclic) bond motifs is 1. The number of nitrogens with zero attached hydrogens (tertiary/aromatic N) is 5. The molecule has 2 aromatic rings. The number of ether oxygens (including phenoxy) is 1. The largest absolute Gasteiger partial charge is 0.496 e. The van der Waals surface area contributed by atoms with Gasteiger partial charge in [0.25, 0.3) is 0 Å². The third-order valence-electron chi connectivity index (χ3n) is 5.39. The summed E-state index contributed by atoms with van der Waals surface area (Å²) < 4.78 is 7.61. The summed E-state index contributed by atoms with van der Waals surface area (Å²) in [6.07, 6.45) is 2.60. The maximum Gasteiger partial charge on any atom is 0.158 e. The van der Waals surface area contributed by atoms with Gasteiger partial charge >= 0.3 is 0 Å². The number of benzene rings is 1. The molecule has 0 radical (unpaired) electrons. The average Bonchev–Trinajstić information content (AvgIpc) is 3.31. The van der Waals surface area contributed by atoms with E-state index in [4.69, 9.17) is 4.74 Å². The van der Waals surface area contributed by atoms with Crippen LogP contribution in [0, 0.1) is 0 Å². The van der Waals surface area contributed by atoms with Crippen molar-refractivity contribution < 1.29 is 9.84 Å². The maximum absolute atomic E-state index is 9.33. The van der Waals surface area contributed by atoms with Crippen LogP contribution < -0.4 is 4.74 Å². The molecule has 0 saturated carbocycles. The molecule has 0 bridgehead atoms. The van der Waals surface area contributed by atoms with Crippen LogP contribution in [0.4, 0.5) is 0 Å². The highest BCUT2D eigenvalue weighted by Crippen LogP contribution is 2.25. The minimum absolute atomic E-state index is 0.0503. The number of likely N-dealkylation sites (tertiary alicyclic amines) is 1. The van der Waals surface area contributed by atoms with Crippen LogP contribution in [0.2, 0.25) is 0 Å². The normalized spacial score (nSPS) is 18.2. The Hall–Kier alpha value is -1.96. The molecule has 1 aromatic carbocycles. The first kappa shape index (κ1) is 17.5. The molecule has 3 heterocycles. The lowest BCUT2D eigenvalue weighted by molar-refractivity contribution is 0.199. The third kappa shape index (κ3) is 3.60. The second-order valence-electron chi connectivity index (χ2n) is 7.18. The van der Waals surface area contributed by atoms with Gasteiger partial charge in [-0.15, -0.1) is 10.2 Å². The number of aliphatic hydroxyl groups excluding tert-OH is 1. The predicted molar refractivity (Wildman–Crippen MR) is 97.6 cm³/mol. The Balaban J connectivity index is 1.46. The molecule has 140 valence electrons. The van der Waals surface area contributed by atoms with Crippen molar-refractivity contribution in [1.82, 2.24) is 24.6 Å². The van der Waals surface area contributed by atoms with Crippen molar-refractivity contribution in [3.8, 4) is 5.75 Å². The minimum Gasteiger partial charge on any atom is -0.496 e. The van der Waals surface area contributed by atoms with Crippen LogP contribution in [0.5, 0.6) is 5.75 Å². The van der Waals surface area contributed by atoms with Gasteiger partial charge in [0.15, 0.2) is 5.82 Å². The summed E-state index contributed by atoms with van der Waals surface area (Å²) in [5, 5.41) is 17.6. The second kappa shape index (κ2) is 7.73. The van der Waals surface area contributed by atoms with Gasteiger partial charge in [0.1, 0.15) is 18.2 Å². The highest BCUT2D eigenvalue weighted by atomic mass is 16.5. The van der Waals surface area contributed by atoms with Gasteiger partial charge in [0.05, 0.1) is 13.7 Å². The Bertz CT molecular complexity index is 754. The average molecular weight is 357 g/mol. The summed E-state index contributed by atoms with van der Waals surface area (Å²) in [7, 11) is 1.75. The van der Waals surface area contributed by atoms with E-state index < -0.39 is 0 Å². The number of hydrogen-bond donors (Lipinski definition) is 1. The maximum atomic E-state index is 9.33. The summed E-state index contributed by atoms with van der Waals surface area (Å²) in [6.45, 7) is 6.70. The van der Waals surface area contributed by atoms with Crippen molar-refractivity contribution in [3.63, 3.8) is 0 Å². The van der Waals surface area contributed by atoms with Gasteiger partial charge in [-0.1, -0.05) is 6.07 Å². The van der Waals surface area contributed by atoms with E-state index in [0.29, 0.717) is 5.82 Å². The third-order valence-corrected chi connectivity index (χ3v) is 5.39. The van der Waals surface area contributed by atoms with Crippen molar-refractivity contribution in [2.75, 3.05) is 26.7 Å². The van der Waals surface area contributed by atoms with Gasteiger partial charge in [0, 0.05) is 31.7 Å². The monoisotopic (exact) mass is 357 g/mol. The first-order chi connectivity index (χ1) is 12.8. The fraction of sp³-hybridized carbons (Fsp3) is 0.579. The fourth-order valence-corrected chi connectivity index (χ4v) is 4.01. The van der Waals surface area contributed by atoms with E-state index >= 15 is 0 Å². The fourth-order valence-electron chi connectivity index (χ4n) is 4.01. The quantitative estimate of drug-likeness (QED) is 0.843. The molecule has 2 aliphatic rings. The van der Waals surface area contributed by atoms with E-state index in [-0.39, 0.29) is 6.61 Å². The Morgan fingerprint density at radius 1 is 1.04 bits per heavy atom. The number of aliphatic hydroxyl groups is 1. The van der Waals surface area contributed by atoms with Crippen molar-refractivity contribution in [2.24, 2.45) is 0 Å². The molecule has 0 aliphatic carbocycles. The second-order valence-corrected chi connectivity index (χ2v) is 7.18. The van der Waals surface area contributed by atoms with E-state index in [1.807, 2.05) is 4.57 Å². The molecule has 0 atom stereocenters. The van der Waals surface area contributed by atoms with Crippen LogP contribution >= 0.6 is 0 Å². The van der Waals surface area contributed by atoms with Crippen LogP contribution in [0.3, 0.4) is 0 Å². The van der Waals surface area contributed by atoms with Crippen molar-refractivity contribution >= 4 is 0 Å². The molecule has 2 aliphatic heterocycles. The van der Waals surface area contributed by atoms with E-state index in [9.17, 15) is 5.11 Å². The van der Waals surface area contributed by atoms with Gasteiger partial charge in [-0.05, 0) is 43.6 Å². The Kier molecular flexibility index (Phi) is 5.19. The number of hydrogen-bond acceptors (Lipinski definition) is 6. The van der Waals surface area contributed by atoms with Gasteiger partial charge in [0.2, 0.25) is 0 Å². The summed E-state index contributed by atoms with van der Waals surface area (Å²) >= 11 is 0. The summed E-state index contributed by atoms with van der Waals surface area (Å²) in [4.78, 5) is 4.88. The van der Waals surface area contributed by atoms with E-state index in [1.54, 1.807) is 7.11 Å². The Morgan fingerprint density at radius 2 is 1.88 bits per heavy atom. The predicted octanol–water partition coefficient (Wildman–Crippen LogP) is 1.39. The standard InChI is InChI=1S/C19H27N5O2/c1-26-17-5-4-15(10-16(17)12-22-6-2-3-7-22)11-23-8-9-24-18(13-23)20-21-19(24)14-25/h4-5,10,25H,2-3,6-9,11-14H2,1H3. The zero-order valence-corrected chi connectivity index (χ0v) is 15.4. The first-order valence-electron chi connectivity index (χ1n) is 9.39. The number of methoxy groups -OCH3 is 1. The van der Waals surface area contributed by atoms with E-state index in [2.05, 4.69) is 38.2 Å². The van der Waals surface area contributed by atoms with Gasteiger partial charge in [-0.3, -0.25) is 9.80 Å². The molecule has 7 heteroatoms.